The summed E-state index contributed by atoms with van der Waals surface area (Å²) in [4.78, 5) is 12.7. The maximum absolute atomic E-state index is 13.1. The van der Waals surface area contributed by atoms with Crippen molar-refractivity contribution in [2.45, 2.75) is 37.5 Å². The van der Waals surface area contributed by atoms with Crippen LogP contribution in [0.5, 0.6) is 0 Å². The fraction of sp³-hybridized carbons (Fsp3) is 0.269. The summed E-state index contributed by atoms with van der Waals surface area (Å²) in [6.07, 6.45) is 0. The molecule has 0 aliphatic heterocycles. The molecule has 3 aromatic rings. The highest BCUT2D eigenvalue weighted by Crippen LogP contribution is 2.29. The summed E-state index contributed by atoms with van der Waals surface area (Å²) in [5, 5.41) is 12.1. The van der Waals surface area contributed by atoms with E-state index in [1.165, 1.54) is 42.5 Å². The molecule has 0 heterocycles. The van der Waals surface area contributed by atoms with E-state index >= 15 is 0 Å². The standard InChI is InChI=1S/C26H31N3O6S2/c1-18-5-10-21(11-6-18)36(32,33)28-23-14-9-20(25(31)27-16-26(3,4)17-30)15-24(23)29-37(34,35)22-12-7-19(2)8-13-22/h5-15,28-30H,16-17H2,1-4H3,(H,27,31). The molecule has 4 N–H and O–H groups in total. The number of rotatable bonds is 10. The molecule has 3 aromatic carbocycles. The molecule has 37 heavy (non-hydrogen) atoms. The Morgan fingerprint density at radius 2 is 1.22 bits per heavy atom. The summed E-state index contributed by atoms with van der Waals surface area (Å²) in [5.74, 6) is -0.509. The molecule has 0 saturated carbocycles. The maximum atomic E-state index is 13.1. The number of aryl methyl sites for hydroxylation is 2. The zero-order valence-electron chi connectivity index (χ0n) is 21.1. The number of nitrogens with one attached hydrogen (secondary N) is 3. The first-order valence-electron chi connectivity index (χ1n) is 11.4. The molecule has 0 fully saturated rings. The second kappa shape index (κ2) is 10.9. The molecular weight excluding hydrogens is 514 g/mol. The lowest BCUT2D eigenvalue weighted by molar-refractivity contribution is 0.0911. The van der Waals surface area contributed by atoms with E-state index in [9.17, 15) is 26.7 Å². The molecule has 11 heteroatoms. The van der Waals surface area contributed by atoms with Gasteiger partial charge in [-0.15, -0.1) is 0 Å². The number of carbonyl (C=O) groups excluding carboxylic acids is 1. The predicted octanol–water partition coefficient (Wildman–Crippen LogP) is 3.65. The van der Waals surface area contributed by atoms with E-state index in [-0.39, 0.29) is 39.9 Å². The van der Waals surface area contributed by atoms with Gasteiger partial charge >= 0.3 is 0 Å². The lowest BCUT2D eigenvalue weighted by atomic mass is 9.95. The molecule has 0 aliphatic carbocycles. The zero-order valence-corrected chi connectivity index (χ0v) is 22.7. The third-order valence-electron chi connectivity index (χ3n) is 5.59. The average molecular weight is 546 g/mol. The number of anilines is 2. The van der Waals surface area contributed by atoms with Crippen molar-refractivity contribution in [3.8, 4) is 0 Å². The van der Waals surface area contributed by atoms with Gasteiger partial charge in [-0.1, -0.05) is 49.2 Å². The van der Waals surface area contributed by atoms with Crippen LogP contribution in [0, 0.1) is 19.3 Å². The summed E-state index contributed by atoms with van der Waals surface area (Å²) in [7, 11) is -8.17. The van der Waals surface area contributed by atoms with Crippen molar-refractivity contribution in [3.05, 3.63) is 83.4 Å². The molecule has 0 aromatic heterocycles. The first kappa shape index (κ1) is 28.2. The van der Waals surface area contributed by atoms with Gasteiger partial charge in [0.15, 0.2) is 0 Å². The van der Waals surface area contributed by atoms with Gasteiger partial charge in [0.25, 0.3) is 26.0 Å². The van der Waals surface area contributed by atoms with Crippen LogP contribution in [0.15, 0.2) is 76.5 Å². The third-order valence-corrected chi connectivity index (χ3v) is 8.35. The largest absolute Gasteiger partial charge is 0.396 e. The van der Waals surface area contributed by atoms with Crippen molar-refractivity contribution in [1.29, 1.82) is 0 Å². The number of aliphatic hydroxyl groups is 1. The Hall–Kier alpha value is -3.41. The molecule has 9 nitrogen and oxygen atoms in total. The Morgan fingerprint density at radius 1 is 0.757 bits per heavy atom. The van der Waals surface area contributed by atoms with Gasteiger partial charge in [-0.25, -0.2) is 16.8 Å². The lowest BCUT2D eigenvalue weighted by Crippen LogP contribution is -2.36. The number of carbonyl (C=O) groups is 1. The Labute approximate surface area is 218 Å². The van der Waals surface area contributed by atoms with Gasteiger partial charge in [0.1, 0.15) is 0 Å². The Balaban J connectivity index is 2.00. The Kier molecular flexibility index (Phi) is 8.31. The lowest BCUT2D eigenvalue weighted by Gasteiger charge is -2.22. The summed E-state index contributed by atoms with van der Waals surface area (Å²) in [6, 6.07) is 16.3. The van der Waals surface area contributed by atoms with Crippen LogP contribution < -0.4 is 14.8 Å². The minimum Gasteiger partial charge on any atom is -0.396 e. The van der Waals surface area contributed by atoms with E-state index in [0.717, 1.165) is 11.1 Å². The molecule has 0 atom stereocenters. The molecule has 1 amide bonds. The summed E-state index contributed by atoms with van der Waals surface area (Å²) < 4.78 is 57.0. The molecule has 0 spiro atoms. The van der Waals surface area contributed by atoms with Gasteiger partial charge < -0.3 is 10.4 Å². The van der Waals surface area contributed by atoms with Crippen molar-refractivity contribution in [2.24, 2.45) is 5.41 Å². The topological polar surface area (TPSA) is 142 Å². The first-order chi connectivity index (χ1) is 17.2. The van der Waals surface area contributed by atoms with Crippen molar-refractivity contribution in [1.82, 2.24) is 5.32 Å². The highest BCUT2D eigenvalue weighted by Gasteiger charge is 2.23. The normalized spacial score (nSPS) is 12.1. The minimum absolute atomic E-state index is 0.00139. The molecule has 0 unspecified atom stereocenters. The SMILES string of the molecule is Cc1ccc(S(=O)(=O)Nc2ccc(C(=O)NCC(C)(C)CO)cc2NS(=O)(=O)c2ccc(C)cc2)cc1. The monoisotopic (exact) mass is 545 g/mol. The molecule has 0 saturated heterocycles. The number of hydrogen-bond acceptors (Lipinski definition) is 6. The molecule has 0 bridgehead atoms. The molecule has 0 radical (unpaired) electrons. The van der Waals surface area contributed by atoms with Crippen molar-refractivity contribution in [3.63, 3.8) is 0 Å². The molecule has 3 rings (SSSR count). The van der Waals surface area contributed by atoms with E-state index in [0.29, 0.717) is 0 Å². The summed E-state index contributed by atoms with van der Waals surface area (Å²) >= 11 is 0. The number of hydrogen-bond donors (Lipinski definition) is 4. The van der Waals surface area contributed by atoms with Gasteiger partial charge in [-0.05, 0) is 56.3 Å². The van der Waals surface area contributed by atoms with Crippen LogP contribution >= 0.6 is 0 Å². The average Bonchev–Trinajstić information content (AvgIpc) is 2.84. The first-order valence-corrected chi connectivity index (χ1v) is 14.4. The van der Waals surface area contributed by atoms with Gasteiger partial charge in [-0.3, -0.25) is 14.2 Å². The predicted molar refractivity (Wildman–Crippen MR) is 144 cm³/mol. The van der Waals surface area contributed by atoms with Crippen LogP contribution in [-0.2, 0) is 20.0 Å². The van der Waals surface area contributed by atoms with Crippen LogP contribution in [0.4, 0.5) is 11.4 Å². The fourth-order valence-corrected chi connectivity index (χ4v) is 5.33. The highest BCUT2D eigenvalue weighted by molar-refractivity contribution is 7.93. The van der Waals surface area contributed by atoms with E-state index in [2.05, 4.69) is 14.8 Å². The van der Waals surface area contributed by atoms with Crippen LogP contribution in [0.1, 0.15) is 35.3 Å². The van der Waals surface area contributed by atoms with Gasteiger partial charge in [0.2, 0.25) is 0 Å². The summed E-state index contributed by atoms with van der Waals surface area (Å²) in [6.45, 7) is 7.23. The number of aliphatic hydroxyl groups excluding tert-OH is 1. The highest BCUT2D eigenvalue weighted by atomic mass is 32.2. The maximum Gasteiger partial charge on any atom is 0.261 e. The third kappa shape index (κ3) is 7.31. The quantitative estimate of drug-likeness (QED) is 0.306. The van der Waals surface area contributed by atoms with Gasteiger partial charge in [0.05, 0.1) is 21.2 Å². The van der Waals surface area contributed by atoms with Crippen molar-refractivity contribution in [2.75, 3.05) is 22.6 Å². The van der Waals surface area contributed by atoms with Gasteiger partial charge in [0, 0.05) is 24.1 Å². The van der Waals surface area contributed by atoms with Crippen molar-refractivity contribution < 1.29 is 26.7 Å². The van der Waals surface area contributed by atoms with Crippen LogP contribution in [0.2, 0.25) is 0 Å². The molecule has 198 valence electrons. The number of sulfonamides is 2. The second-order valence-corrected chi connectivity index (χ2v) is 13.0. The van der Waals surface area contributed by atoms with Gasteiger partial charge in [-0.2, -0.15) is 0 Å². The van der Waals surface area contributed by atoms with E-state index in [1.807, 2.05) is 13.8 Å². The van der Waals surface area contributed by atoms with Crippen molar-refractivity contribution >= 4 is 37.3 Å². The van der Waals surface area contributed by atoms with E-state index in [4.69, 9.17) is 0 Å². The fourth-order valence-electron chi connectivity index (χ4n) is 3.18. The second-order valence-electron chi connectivity index (χ2n) is 9.60. The Bertz CT molecular complexity index is 1480. The number of benzene rings is 3. The smallest absolute Gasteiger partial charge is 0.261 e. The van der Waals surface area contributed by atoms with E-state index < -0.39 is 31.4 Å². The number of amides is 1. The molecular formula is C26H31N3O6S2. The molecule has 0 aliphatic rings. The van der Waals surface area contributed by atoms with Crippen LogP contribution in [-0.4, -0.2) is 41.0 Å². The van der Waals surface area contributed by atoms with Crippen LogP contribution in [0.25, 0.3) is 0 Å². The minimum atomic E-state index is -4.11. The zero-order chi connectivity index (χ0) is 27.4. The van der Waals surface area contributed by atoms with E-state index in [1.54, 1.807) is 38.1 Å². The summed E-state index contributed by atoms with van der Waals surface area (Å²) in [5.41, 5.74) is 1.12. The van der Waals surface area contributed by atoms with Crippen LogP contribution in [0.3, 0.4) is 0 Å². The Morgan fingerprint density at radius 3 is 1.68 bits per heavy atom.